The van der Waals surface area contributed by atoms with E-state index in [9.17, 15) is 4.79 Å². The summed E-state index contributed by atoms with van der Waals surface area (Å²) in [5, 5.41) is 12.5. The van der Waals surface area contributed by atoms with E-state index in [0.29, 0.717) is 27.5 Å². The molecule has 1 aliphatic heterocycles. The van der Waals surface area contributed by atoms with Crippen molar-refractivity contribution in [3.63, 3.8) is 0 Å². The molecular formula is C14H13Cl2N3O2S2. The number of halogens is 2. The molecule has 9 heteroatoms. The Hall–Kier alpha value is -0.860. The van der Waals surface area contributed by atoms with Crippen LogP contribution >= 0.6 is 46.3 Å². The number of thioether (sulfide) groups is 1. The molecule has 122 valence electrons. The number of anilines is 1. The summed E-state index contributed by atoms with van der Waals surface area (Å²) in [6, 6.07) is 5.40. The SMILES string of the molecule is O=C(Nc1nnc(SCc2ccc(Cl)cc2Cl)s1)[C@@H]1CCCO1. The monoisotopic (exact) mass is 389 g/mol. The first-order valence-corrected chi connectivity index (χ1v) is 9.50. The van der Waals surface area contributed by atoms with Crippen LogP contribution in [0.1, 0.15) is 18.4 Å². The number of amides is 1. The Morgan fingerprint density at radius 1 is 1.43 bits per heavy atom. The largest absolute Gasteiger partial charge is 0.368 e. The van der Waals surface area contributed by atoms with E-state index in [4.69, 9.17) is 27.9 Å². The molecule has 0 unspecified atom stereocenters. The van der Waals surface area contributed by atoms with Crippen LogP contribution in [0.15, 0.2) is 22.5 Å². The standard InChI is InChI=1S/C14H13Cl2N3O2S2/c15-9-4-3-8(10(16)6-9)7-22-14-19-18-13(23-14)17-12(20)11-2-1-5-21-11/h3-4,6,11H,1-2,5,7H2,(H,17,18,20)/t11-/m0/s1. The summed E-state index contributed by atoms with van der Waals surface area (Å²) in [5.41, 5.74) is 0.973. The molecule has 1 aromatic heterocycles. The van der Waals surface area contributed by atoms with Gasteiger partial charge in [-0.1, -0.05) is 52.4 Å². The Morgan fingerprint density at radius 3 is 3.04 bits per heavy atom. The summed E-state index contributed by atoms with van der Waals surface area (Å²) in [6.45, 7) is 0.636. The number of carbonyl (C=O) groups excluding carboxylic acids is 1. The first-order valence-electron chi connectivity index (χ1n) is 6.94. The Balaban J connectivity index is 1.55. The zero-order valence-corrected chi connectivity index (χ0v) is 15.1. The zero-order valence-electron chi connectivity index (χ0n) is 11.9. The van der Waals surface area contributed by atoms with Gasteiger partial charge in [0.15, 0.2) is 4.34 Å². The molecule has 23 heavy (non-hydrogen) atoms. The van der Waals surface area contributed by atoms with Gasteiger partial charge in [-0.05, 0) is 30.5 Å². The number of aromatic nitrogens is 2. The summed E-state index contributed by atoms with van der Waals surface area (Å²) in [6.07, 6.45) is 1.29. The second kappa shape index (κ2) is 7.81. The van der Waals surface area contributed by atoms with Crippen molar-refractivity contribution in [2.45, 2.75) is 29.0 Å². The van der Waals surface area contributed by atoms with Crippen molar-refractivity contribution in [3.05, 3.63) is 33.8 Å². The van der Waals surface area contributed by atoms with E-state index in [1.807, 2.05) is 6.07 Å². The molecule has 0 saturated carbocycles. The van der Waals surface area contributed by atoms with Crippen molar-refractivity contribution in [2.75, 3.05) is 11.9 Å². The highest BCUT2D eigenvalue weighted by Crippen LogP contribution is 2.31. The second-order valence-electron chi connectivity index (χ2n) is 4.89. The van der Waals surface area contributed by atoms with Crippen LogP contribution in [0.3, 0.4) is 0 Å². The Kier molecular flexibility index (Phi) is 5.76. The first kappa shape index (κ1) is 17.0. The fraction of sp³-hybridized carbons (Fsp3) is 0.357. The lowest BCUT2D eigenvalue weighted by molar-refractivity contribution is -0.124. The van der Waals surface area contributed by atoms with Crippen molar-refractivity contribution >= 4 is 57.3 Å². The van der Waals surface area contributed by atoms with Crippen LogP contribution in [-0.2, 0) is 15.3 Å². The Bertz CT molecular complexity index is 705. The molecular weight excluding hydrogens is 377 g/mol. The number of hydrogen-bond acceptors (Lipinski definition) is 6. The molecule has 3 rings (SSSR count). The van der Waals surface area contributed by atoms with Gasteiger partial charge in [-0.2, -0.15) is 0 Å². The van der Waals surface area contributed by atoms with Gasteiger partial charge in [0.25, 0.3) is 5.91 Å². The van der Waals surface area contributed by atoms with E-state index in [1.54, 1.807) is 12.1 Å². The van der Waals surface area contributed by atoms with E-state index in [2.05, 4.69) is 15.5 Å². The number of ether oxygens (including phenoxy) is 1. The van der Waals surface area contributed by atoms with Crippen LogP contribution in [0.25, 0.3) is 0 Å². The Morgan fingerprint density at radius 2 is 2.30 bits per heavy atom. The number of nitrogens with one attached hydrogen (secondary N) is 1. The third-order valence-corrected chi connectivity index (χ3v) is 5.83. The number of carbonyl (C=O) groups is 1. The maximum Gasteiger partial charge on any atom is 0.255 e. The van der Waals surface area contributed by atoms with E-state index in [0.717, 1.165) is 22.7 Å². The van der Waals surface area contributed by atoms with E-state index < -0.39 is 0 Å². The minimum Gasteiger partial charge on any atom is -0.368 e. The predicted octanol–water partition coefficient (Wildman–Crippen LogP) is 4.25. The van der Waals surface area contributed by atoms with Gasteiger partial charge in [-0.3, -0.25) is 10.1 Å². The van der Waals surface area contributed by atoms with E-state index in [1.165, 1.54) is 23.1 Å². The Labute approximate surface area is 151 Å². The molecule has 1 amide bonds. The molecule has 1 saturated heterocycles. The quantitative estimate of drug-likeness (QED) is 0.611. The van der Waals surface area contributed by atoms with Gasteiger partial charge >= 0.3 is 0 Å². The molecule has 1 atom stereocenters. The average molecular weight is 390 g/mol. The summed E-state index contributed by atoms with van der Waals surface area (Å²) in [7, 11) is 0. The van der Waals surface area contributed by atoms with Crippen LogP contribution in [0.4, 0.5) is 5.13 Å². The van der Waals surface area contributed by atoms with Gasteiger partial charge in [0.05, 0.1) is 0 Å². The number of benzene rings is 1. The smallest absolute Gasteiger partial charge is 0.255 e. The molecule has 0 aliphatic carbocycles. The van der Waals surface area contributed by atoms with Crippen molar-refractivity contribution in [1.82, 2.24) is 10.2 Å². The first-order chi connectivity index (χ1) is 11.1. The highest BCUT2D eigenvalue weighted by Gasteiger charge is 2.24. The van der Waals surface area contributed by atoms with Gasteiger partial charge < -0.3 is 4.74 Å². The zero-order chi connectivity index (χ0) is 16.2. The molecule has 1 aromatic carbocycles. The fourth-order valence-electron chi connectivity index (χ4n) is 2.07. The lowest BCUT2D eigenvalue weighted by Gasteiger charge is -2.07. The van der Waals surface area contributed by atoms with Crippen LogP contribution in [-0.4, -0.2) is 28.8 Å². The molecule has 1 fully saturated rings. The molecule has 0 bridgehead atoms. The minimum atomic E-state index is -0.372. The molecule has 1 aliphatic rings. The van der Waals surface area contributed by atoms with Crippen LogP contribution in [0, 0.1) is 0 Å². The van der Waals surface area contributed by atoms with Gasteiger partial charge in [0, 0.05) is 22.4 Å². The van der Waals surface area contributed by atoms with E-state index in [-0.39, 0.29) is 12.0 Å². The third kappa shape index (κ3) is 4.58. The average Bonchev–Trinajstić information content (AvgIpc) is 3.17. The van der Waals surface area contributed by atoms with Crippen molar-refractivity contribution < 1.29 is 9.53 Å². The highest BCUT2D eigenvalue weighted by atomic mass is 35.5. The lowest BCUT2D eigenvalue weighted by atomic mass is 10.2. The fourth-order valence-corrected chi connectivity index (χ4v) is 4.38. The van der Waals surface area contributed by atoms with Gasteiger partial charge in [0.1, 0.15) is 6.10 Å². The van der Waals surface area contributed by atoms with Crippen LogP contribution in [0.2, 0.25) is 10.0 Å². The number of hydrogen-bond donors (Lipinski definition) is 1. The topological polar surface area (TPSA) is 64.1 Å². The summed E-state index contributed by atoms with van der Waals surface area (Å²) >= 11 is 14.9. The number of nitrogens with zero attached hydrogens (tertiary/aromatic N) is 2. The molecule has 1 N–H and O–H groups in total. The van der Waals surface area contributed by atoms with Crippen molar-refractivity contribution in [2.24, 2.45) is 0 Å². The maximum atomic E-state index is 11.9. The molecule has 2 aromatic rings. The third-order valence-electron chi connectivity index (χ3n) is 3.22. The molecule has 0 spiro atoms. The van der Waals surface area contributed by atoms with Gasteiger partial charge in [-0.25, -0.2) is 0 Å². The highest BCUT2D eigenvalue weighted by molar-refractivity contribution is 8.00. The van der Waals surface area contributed by atoms with Crippen LogP contribution in [0.5, 0.6) is 0 Å². The van der Waals surface area contributed by atoms with Crippen molar-refractivity contribution in [3.8, 4) is 0 Å². The lowest BCUT2D eigenvalue weighted by Crippen LogP contribution is -2.26. The van der Waals surface area contributed by atoms with Gasteiger partial charge in [-0.15, -0.1) is 10.2 Å². The normalized spacial score (nSPS) is 17.4. The summed E-state index contributed by atoms with van der Waals surface area (Å²) < 4.78 is 6.10. The minimum absolute atomic E-state index is 0.157. The number of rotatable bonds is 5. The maximum absolute atomic E-state index is 11.9. The molecule has 0 radical (unpaired) electrons. The van der Waals surface area contributed by atoms with E-state index >= 15 is 0 Å². The van der Waals surface area contributed by atoms with Crippen LogP contribution < -0.4 is 5.32 Å². The van der Waals surface area contributed by atoms with Gasteiger partial charge in [0.2, 0.25) is 5.13 Å². The van der Waals surface area contributed by atoms with Crippen molar-refractivity contribution in [1.29, 1.82) is 0 Å². The summed E-state index contributed by atoms with van der Waals surface area (Å²) in [5.74, 6) is 0.501. The summed E-state index contributed by atoms with van der Waals surface area (Å²) in [4.78, 5) is 11.9. The molecule has 5 nitrogen and oxygen atoms in total. The molecule has 2 heterocycles. The predicted molar refractivity (Wildman–Crippen MR) is 93.5 cm³/mol. The second-order valence-corrected chi connectivity index (χ2v) is 7.93.